The monoisotopic (exact) mass is 607 g/mol. The van der Waals surface area contributed by atoms with Gasteiger partial charge in [0.05, 0.1) is 23.5 Å². The molecule has 4 heteroatoms. The zero-order valence-electron chi connectivity index (χ0n) is 28.1. The van der Waals surface area contributed by atoms with Crippen LogP contribution in [-0.2, 0) is 17.8 Å². The van der Waals surface area contributed by atoms with E-state index in [2.05, 4.69) is 78.3 Å². The number of para-hydroxylation sites is 2. The SMILES string of the molecule is CCCCCCCCCCCCCCCCCCn1c(C(C)NC(=O)Cc2ccc(-c3ccccc3)cc2)nc2ccccc21. The number of hydrogen-bond acceptors (Lipinski definition) is 2. The van der Waals surface area contributed by atoms with Gasteiger partial charge in [0.2, 0.25) is 5.91 Å². The van der Waals surface area contributed by atoms with Gasteiger partial charge in [-0.2, -0.15) is 0 Å². The molecule has 4 aromatic rings. The maximum Gasteiger partial charge on any atom is 0.224 e. The lowest BCUT2D eigenvalue weighted by Gasteiger charge is -2.17. The predicted octanol–water partition coefficient (Wildman–Crippen LogP) is 11.4. The molecule has 0 radical (unpaired) electrons. The van der Waals surface area contributed by atoms with Gasteiger partial charge in [-0.25, -0.2) is 4.98 Å². The molecule has 1 unspecified atom stereocenters. The summed E-state index contributed by atoms with van der Waals surface area (Å²) in [6.07, 6.45) is 22.3. The van der Waals surface area contributed by atoms with E-state index in [1.165, 1.54) is 102 Å². The minimum atomic E-state index is -0.158. The maximum atomic E-state index is 13.0. The van der Waals surface area contributed by atoms with Crippen LogP contribution in [0.1, 0.15) is 134 Å². The fourth-order valence-electron chi connectivity index (χ4n) is 6.47. The Morgan fingerprint density at radius 3 is 1.76 bits per heavy atom. The van der Waals surface area contributed by atoms with Crippen molar-refractivity contribution >= 4 is 16.9 Å². The van der Waals surface area contributed by atoms with Crippen molar-refractivity contribution in [2.24, 2.45) is 0 Å². The van der Waals surface area contributed by atoms with Crippen LogP contribution < -0.4 is 5.32 Å². The van der Waals surface area contributed by atoms with Crippen LogP contribution in [-0.4, -0.2) is 15.5 Å². The van der Waals surface area contributed by atoms with Crippen molar-refractivity contribution in [2.75, 3.05) is 0 Å². The summed E-state index contributed by atoms with van der Waals surface area (Å²) in [5.74, 6) is 0.973. The van der Waals surface area contributed by atoms with Gasteiger partial charge in [-0.05, 0) is 42.2 Å². The molecule has 0 bridgehead atoms. The van der Waals surface area contributed by atoms with Crippen LogP contribution >= 0.6 is 0 Å². The van der Waals surface area contributed by atoms with Crippen molar-refractivity contribution < 1.29 is 4.79 Å². The number of unbranched alkanes of at least 4 members (excludes halogenated alkanes) is 15. The van der Waals surface area contributed by atoms with Crippen LogP contribution in [0, 0.1) is 0 Å². The number of fused-ring (bicyclic) bond motifs is 1. The van der Waals surface area contributed by atoms with E-state index in [-0.39, 0.29) is 11.9 Å². The van der Waals surface area contributed by atoms with Gasteiger partial charge in [-0.3, -0.25) is 4.79 Å². The Bertz CT molecular complexity index is 1380. The van der Waals surface area contributed by atoms with E-state index < -0.39 is 0 Å². The smallest absolute Gasteiger partial charge is 0.224 e. The molecule has 4 rings (SSSR count). The van der Waals surface area contributed by atoms with Crippen molar-refractivity contribution in [3.05, 3.63) is 90.3 Å². The number of imidazole rings is 1. The van der Waals surface area contributed by atoms with E-state index in [9.17, 15) is 4.79 Å². The quantitative estimate of drug-likeness (QED) is 0.0903. The van der Waals surface area contributed by atoms with Gasteiger partial charge in [0.15, 0.2) is 0 Å². The molecule has 45 heavy (non-hydrogen) atoms. The Kier molecular flexibility index (Phi) is 15.2. The number of carbonyl (C=O) groups is 1. The molecule has 0 fully saturated rings. The Balaban J connectivity index is 1.15. The van der Waals surface area contributed by atoms with Crippen LogP contribution in [0.4, 0.5) is 0 Å². The number of benzene rings is 3. The molecule has 1 amide bonds. The summed E-state index contributed by atoms with van der Waals surface area (Å²) in [6.45, 7) is 5.29. The molecule has 1 N–H and O–H groups in total. The highest BCUT2D eigenvalue weighted by molar-refractivity contribution is 5.80. The van der Waals surface area contributed by atoms with Crippen molar-refractivity contribution in [1.29, 1.82) is 0 Å². The first-order chi connectivity index (χ1) is 22.2. The second-order valence-electron chi connectivity index (χ2n) is 12.9. The topological polar surface area (TPSA) is 46.9 Å². The summed E-state index contributed by atoms with van der Waals surface area (Å²) in [5, 5.41) is 3.23. The Morgan fingerprint density at radius 1 is 0.644 bits per heavy atom. The predicted molar refractivity (Wildman–Crippen MR) is 191 cm³/mol. The summed E-state index contributed by atoms with van der Waals surface area (Å²) in [5.41, 5.74) is 5.52. The summed E-state index contributed by atoms with van der Waals surface area (Å²) < 4.78 is 2.33. The van der Waals surface area contributed by atoms with E-state index >= 15 is 0 Å². The summed E-state index contributed by atoms with van der Waals surface area (Å²) >= 11 is 0. The summed E-state index contributed by atoms with van der Waals surface area (Å²) in [6, 6.07) is 26.8. The number of hydrogen-bond donors (Lipinski definition) is 1. The standard InChI is InChI=1S/C41H57N3O/c1-3-4-5-6-7-8-9-10-11-12-13-14-15-16-17-23-32-44-39-27-22-21-26-38(39)43-41(44)34(2)42-40(45)33-35-28-30-37(31-29-35)36-24-19-18-20-25-36/h18-22,24-31,34H,3-17,23,32-33H2,1-2H3,(H,42,45). The van der Waals surface area contributed by atoms with Crippen LogP contribution in [0.15, 0.2) is 78.9 Å². The van der Waals surface area contributed by atoms with Gasteiger partial charge >= 0.3 is 0 Å². The largest absolute Gasteiger partial charge is 0.346 e. The molecule has 0 aliphatic heterocycles. The first-order valence-corrected chi connectivity index (χ1v) is 18.0. The molecule has 3 aromatic carbocycles. The second kappa shape index (κ2) is 19.9. The zero-order chi connectivity index (χ0) is 31.5. The average Bonchev–Trinajstić information content (AvgIpc) is 3.44. The molecule has 0 saturated carbocycles. The number of nitrogens with zero attached hydrogens (tertiary/aromatic N) is 2. The molecular formula is C41H57N3O. The van der Waals surface area contributed by atoms with Gasteiger partial charge in [-0.15, -0.1) is 0 Å². The lowest BCUT2D eigenvalue weighted by Crippen LogP contribution is -2.30. The van der Waals surface area contributed by atoms with Gasteiger partial charge in [0, 0.05) is 6.54 Å². The number of aryl methyl sites for hydroxylation is 1. The van der Waals surface area contributed by atoms with E-state index in [1.807, 2.05) is 24.3 Å². The molecule has 1 heterocycles. The third-order valence-electron chi connectivity index (χ3n) is 9.11. The average molecular weight is 608 g/mol. The van der Waals surface area contributed by atoms with Gasteiger partial charge < -0.3 is 9.88 Å². The van der Waals surface area contributed by atoms with Crippen LogP contribution in [0.2, 0.25) is 0 Å². The number of amides is 1. The Labute approximate surface area is 273 Å². The van der Waals surface area contributed by atoms with Crippen LogP contribution in [0.5, 0.6) is 0 Å². The fraction of sp³-hybridized carbons (Fsp3) is 0.512. The summed E-state index contributed by atoms with van der Waals surface area (Å²) in [7, 11) is 0. The molecule has 242 valence electrons. The lowest BCUT2D eigenvalue weighted by molar-refractivity contribution is -0.121. The van der Waals surface area contributed by atoms with Gasteiger partial charge in [0.1, 0.15) is 5.82 Å². The van der Waals surface area contributed by atoms with Crippen molar-refractivity contribution in [2.45, 2.75) is 136 Å². The highest BCUT2D eigenvalue weighted by Gasteiger charge is 2.18. The van der Waals surface area contributed by atoms with E-state index in [0.29, 0.717) is 6.42 Å². The van der Waals surface area contributed by atoms with Crippen LogP contribution in [0.3, 0.4) is 0 Å². The fourth-order valence-corrected chi connectivity index (χ4v) is 6.47. The highest BCUT2D eigenvalue weighted by Crippen LogP contribution is 2.23. The maximum absolute atomic E-state index is 13.0. The van der Waals surface area contributed by atoms with E-state index in [0.717, 1.165) is 41.0 Å². The van der Waals surface area contributed by atoms with Crippen molar-refractivity contribution in [1.82, 2.24) is 14.9 Å². The van der Waals surface area contributed by atoms with Crippen LogP contribution in [0.25, 0.3) is 22.2 Å². The highest BCUT2D eigenvalue weighted by atomic mass is 16.1. The zero-order valence-corrected chi connectivity index (χ0v) is 28.1. The first kappa shape index (κ1) is 34.5. The molecule has 0 aliphatic carbocycles. The number of aromatic nitrogens is 2. The van der Waals surface area contributed by atoms with Crippen molar-refractivity contribution in [3.63, 3.8) is 0 Å². The van der Waals surface area contributed by atoms with Gasteiger partial charge in [0.25, 0.3) is 0 Å². The van der Waals surface area contributed by atoms with Gasteiger partial charge in [-0.1, -0.05) is 170 Å². The molecule has 1 aromatic heterocycles. The molecule has 0 saturated heterocycles. The third kappa shape index (κ3) is 11.8. The molecule has 0 aliphatic rings. The minimum Gasteiger partial charge on any atom is -0.346 e. The number of nitrogens with one attached hydrogen (secondary N) is 1. The first-order valence-electron chi connectivity index (χ1n) is 18.0. The van der Waals surface area contributed by atoms with Crippen molar-refractivity contribution in [3.8, 4) is 11.1 Å². The second-order valence-corrected chi connectivity index (χ2v) is 12.9. The number of carbonyl (C=O) groups excluding carboxylic acids is 1. The third-order valence-corrected chi connectivity index (χ3v) is 9.11. The lowest BCUT2D eigenvalue weighted by atomic mass is 10.0. The minimum absolute atomic E-state index is 0.0241. The Morgan fingerprint density at radius 2 is 1.16 bits per heavy atom. The molecule has 0 spiro atoms. The van der Waals surface area contributed by atoms with E-state index in [1.54, 1.807) is 0 Å². The Hall–Kier alpha value is -3.40. The van der Waals surface area contributed by atoms with E-state index in [4.69, 9.17) is 4.98 Å². The number of rotatable bonds is 22. The molecule has 4 nitrogen and oxygen atoms in total. The summed E-state index contributed by atoms with van der Waals surface area (Å²) in [4.78, 5) is 18.0. The molecular weight excluding hydrogens is 550 g/mol. The molecule has 1 atom stereocenters. The normalized spacial score (nSPS) is 12.0.